The van der Waals surface area contributed by atoms with Crippen molar-refractivity contribution in [3.63, 3.8) is 0 Å². The lowest BCUT2D eigenvalue weighted by Gasteiger charge is -2.12. The Morgan fingerprint density at radius 2 is 2.00 bits per heavy atom. The summed E-state index contributed by atoms with van der Waals surface area (Å²) in [6.45, 7) is 1.89. The molecule has 0 spiro atoms. The first-order valence-electron chi connectivity index (χ1n) is 7.54. The summed E-state index contributed by atoms with van der Waals surface area (Å²) in [4.78, 5) is 10.3. The van der Waals surface area contributed by atoms with Gasteiger partial charge in [0, 0.05) is 34.7 Å². The van der Waals surface area contributed by atoms with Gasteiger partial charge in [0.15, 0.2) is 5.58 Å². The Balaban J connectivity index is 2.40. The molecule has 26 heavy (non-hydrogen) atoms. The fourth-order valence-electron chi connectivity index (χ4n) is 2.74. The number of nitrogens with zero attached hydrogens (tertiary/aromatic N) is 2. The van der Waals surface area contributed by atoms with Crippen LogP contribution in [-0.4, -0.2) is 25.6 Å². The first-order valence-corrected chi connectivity index (χ1v) is 9.08. The number of aromatic nitrogens is 1. The van der Waals surface area contributed by atoms with Crippen molar-refractivity contribution in [3.8, 4) is 16.9 Å². The van der Waals surface area contributed by atoms with Gasteiger partial charge in [0.05, 0.1) is 22.6 Å². The molecule has 2 N–H and O–H groups in total. The maximum Gasteiger partial charge on any atom is 0.270 e. The van der Waals surface area contributed by atoms with E-state index in [1.165, 1.54) is 7.11 Å². The van der Waals surface area contributed by atoms with Crippen LogP contribution in [0.15, 0.2) is 39.8 Å². The summed E-state index contributed by atoms with van der Waals surface area (Å²) in [5.41, 5.74) is 1.28. The van der Waals surface area contributed by atoms with Crippen LogP contribution in [0.1, 0.15) is 12.6 Å². The number of nitrogens with two attached hydrogens (primary N) is 1. The number of rotatable bonds is 5. The lowest BCUT2D eigenvalue weighted by molar-refractivity contribution is -0.384. The number of aryl methyl sites for hydroxylation is 1. The molecule has 0 unspecified atom stereocenters. The van der Waals surface area contributed by atoms with Gasteiger partial charge in [-0.1, -0.05) is 12.1 Å². The molecule has 0 fully saturated rings. The fourth-order valence-corrected chi connectivity index (χ4v) is 3.47. The number of methoxy groups -OCH3 is 1. The Hall–Kier alpha value is -2.98. The van der Waals surface area contributed by atoms with Crippen molar-refractivity contribution in [2.75, 3.05) is 7.11 Å². The van der Waals surface area contributed by atoms with Gasteiger partial charge in [-0.2, -0.15) is 0 Å². The molecule has 3 aromatic rings. The van der Waals surface area contributed by atoms with Gasteiger partial charge >= 0.3 is 0 Å². The normalized spacial score (nSPS) is 11.7. The molecule has 9 nitrogen and oxygen atoms in total. The van der Waals surface area contributed by atoms with E-state index in [1.807, 2.05) is 6.92 Å². The molecule has 0 saturated heterocycles. The minimum absolute atomic E-state index is 0.0729. The van der Waals surface area contributed by atoms with Crippen LogP contribution in [0, 0.1) is 10.1 Å². The second-order valence-corrected chi connectivity index (χ2v) is 7.04. The van der Waals surface area contributed by atoms with E-state index < -0.39 is 14.9 Å². The monoisotopic (exact) mass is 377 g/mol. The predicted molar refractivity (Wildman–Crippen MR) is 93.4 cm³/mol. The summed E-state index contributed by atoms with van der Waals surface area (Å²) in [5.74, 6) is 0.279. The van der Waals surface area contributed by atoms with Crippen LogP contribution in [0.2, 0.25) is 0 Å². The molecule has 0 aliphatic carbocycles. The molecule has 1 aromatic heterocycles. The summed E-state index contributed by atoms with van der Waals surface area (Å²) in [6.07, 6.45) is 0.593. The molecule has 0 aliphatic rings. The van der Waals surface area contributed by atoms with E-state index in [2.05, 4.69) is 5.16 Å². The molecule has 0 amide bonds. The number of benzene rings is 2. The summed E-state index contributed by atoms with van der Waals surface area (Å²) >= 11 is 0. The van der Waals surface area contributed by atoms with Crippen molar-refractivity contribution in [2.24, 2.45) is 5.14 Å². The second kappa shape index (κ2) is 6.39. The number of hydrogen-bond acceptors (Lipinski definition) is 7. The number of fused-ring (bicyclic) bond motifs is 1. The Morgan fingerprint density at radius 1 is 1.27 bits per heavy atom. The highest BCUT2D eigenvalue weighted by atomic mass is 32.2. The molecular formula is C16H15N3O6S. The van der Waals surface area contributed by atoms with E-state index in [1.54, 1.807) is 12.1 Å². The third kappa shape index (κ3) is 3.00. The lowest BCUT2D eigenvalue weighted by atomic mass is 10.0. The fraction of sp³-hybridized carbons (Fsp3) is 0.188. The molecule has 0 bridgehead atoms. The number of ether oxygens (including phenoxy) is 1. The van der Waals surface area contributed by atoms with Crippen LogP contribution in [0.4, 0.5) is 5.69 Å². The average Bonchev–Trinajstić information content (AvgIpc) is 3.01. The van der Waals surface area contributed by atoms with E-state index in [9.17, 15) is 18.5 Å². The molecule has 0 radical (unpaired) electrons. The van der Waals surface area contributed by atoms with Crippen molar-refractivity contribution in [2.45, 2.75) is 18.2 Å². The number of primary sulfonamides is 1. The van der Waals surface area contributed by atoms with Gasteiger partial charge in [-0.15, -0.1) is 0 Å². The minimum atomic E-state index is -4.12. The van der Waals surface area contributed by atoms with Gasteiger partial charge in [0.2, 0.25) is 10.0 Å². The number of non-ortho nitro benzene ring substituents is 1. The van der Waals surface area contributed by atoms with Crippen LogP contribution < -0.4 is 9.88 Å². The molecule has 136 valence electrons. The smallest absolute Gasteiger partial charge is 0.270 e. The molecule has 0 aliphatic heterocycles. The van der Waals surface area contributed by atoms with Crippen LogP contribution in [0.3, 0.4) is 0 Å². The zero-order chi connectivity index (χ0) is 19.1. The largest absolute Gasteiger partial charge is 0.496 e. The number of sulfonamides is 1. The second-order valence-electron chi connectivity index (χ2n) is 5.51. The van der Waals surface area contributed by atoms with Crippen LogP contribution in [0.25, 0.3) is 22.1 Å². The van der Waals surface area contributed by atoms with Crippen LogP contribution in [-0.2, 0) is 16.4 Å². The quantitative estimate of drug-likeness (QED) is 0.532. The Kier molecular flexibility index (Phi) is 4.38. The number of nitro groups is 1. The third-order valence-electron chi connectivity index (χ3n) is 3.97. The van der Waals surface area contributed by atoms with E-state index in [4.69, 9.17) is 14.4 Å². The highest BCUT2D eigenvalue weighted by molar-refractivity contribution is 7.89. The minimum Gasteiger partial charge on any atom is -0.496 e. The third-order valence-corrected chi connectivity index (χ3v) is 4.94. The van der Waals surface area contributed by atoms with Crippen molar-refractivity contribution in [1.29, 1.82) is 0 Å². The Bertz CT molecular complexity index is 1120. The highest BCUT2D eigenvalue weighted by Crippen LogP contribution is 2.39. The van der Waals surface area contributed by atoms with Crippen molar-refractivity contribution in [3.05, 3.63) is 46.1 Å². The van der Waals surface area contributed by atoms with Gasteiger partial charge < -0.3 is 9.26 Å². The standard InChI is InChI=1S/C16H15N3O6S/c1-3-13-12-7-10(14(24-2)8-15(12)25-18-13)11-6-9(19(20)21)4-5-16(11)26(17,22)23/h4-8H,3H2,1-2H3,(H2,17,22,23). The van der Waals surface area contributed by atoms with Crippen molar-refractivity contribution < 1.29 is 22.6 Å². The lowest BCUT2D eigenvalue weighted by Crippen LogP contribution is -2.13. The van der Waals surface area contributed by atoms with Gasteiger partial charge in [-0.25, -0.2) is 13.6 Å². The molecule has 0 saturated carbocycles. The first-order chi connectivity index (χ1) is 12.3. The summed E-state index contributed by atoms with van der Waals surface area (Å²) in [5, 5.41) is 21.1. The zero-order valence-corrected chi connectivity index (χ0v) is 14.7. The Labute approximate surface area is 148 Å². The number of nitro benzene ring substituents is 1. The first kappa shape index (κ1) is 17.8. The van der Waals surface area contributed by atoms with E-state index in [-0.39, 0.29) is 21.9 Å². The van der Waals surface area contributed by atoms with E-state index in [0.29, 0.717) is 28.6 Å². The van der Waals surface area contributed by atoms with E-state index in [0.717, 1.165) is 18.2 Å². The van der Waals surface area contributed by atoms with Crippen LogP contribution in [0.5, 0.6) is 5.75 Å². The molecule has 10 heteroatoms. The van der Waals surface area contributed by atoms with Crippen LogP contribution >= 0.6 is 0 Å². The van der Waals surface area contributed by atoms with Crippen molar-refractivity contribution >= 4 is 26.7 Å². The van der Waals surface area contributed by atoms with Gasteiger partial charge in [-0.3, -0.25) is 10.1 Å². The maximum absolute atomic E-state index is 12.0. The SMILES string of the molecule is CCc1noc2cc(OC)c(-c3cc([N+](=O)[O-])ccc3S(N)(=O)=O)cc12. The topological polar surface area (TPSA) is 139 Å². The van der Waals surface area contributed by atoms with E-state index >= 15 is 0 Å². The summed E-state index contributed by atoms with van der Waals surface area (Å²) < 4.78 is 34.5. The highest BCUT2D eigenvalue weighted by Gasteiger charge is 2.23. The van der Waals surface area contributed by atoms with Gasteiger partial charge in [0.25, 0.3) is 5.69 Å². The average molecular weight is 377 g/mol. The van der Waals surface area contributed by atoms with Gasteiger partial charge in [-0.05, 0) is 18.6 Å². The maximum atomic E-state index is 12.0. The van der Waals surface area contributed by atoms with Crippen molar-refractivity contribution in [1.82, 2.24) is 5.16 Å². The molecule has 0 atom stereocenters. The van der Waals surface area contributed by atoms with Gasteiger partial charge in [0.1, 0.15) is 5.75 Å². The predicted octanol–water partition coefficient (Wildman–Crippen LogP) is 2.62. The molecule has 2 aromatic carbocycles. The molecular weight excluding hydrogens is 362 g/mol. The Morgan fingerprint density at radius 3 is 2.58 bits per heavy atom. The zero-order valence-electron chi connectivity index (χ0n) is 13.9. The molecule has 1 heterocycles. The summed E-state index contributed by atoms with van der Waals surface area (Å²) in [7, 11) is -2.72. The number of hydrogen-bond donors (Lipinski definition) is 1. The summed E-state index contributed by atoms with van der Waals surface area (Å²) in [6, 6.07) is 6.55. The molecule has 3 rings (SSSR count).